The molecular weight excluding hydrogens is 949 g/mol. The molecule has 1 saturated carbocycles. The summed E-state index contributed by atoms with van der Waals surface area (Å²) in [5.74, 6) is 0.243. The van der Waals surface area contributed by atoms with E-state index >= 15 is 8.78 Å². The fraction of sp³-hybridized carbons (Fsp3) is 0.536. The van der Waals surface area contributed by atoms with Gasteiger partial charge in [-0.25, -0.2) is 13.8 Å². The second kappa shape index (κ2) is 20.2. The number of anilines is 1. The number of methoxy groups -OCH3 is 1. The summed E-state index contributed by atoms with van der Waals surface area (Å²) >= 11 is 0. The lowest BCUT2D eigenvalue weighted by Gasteiger charge is -2.38. The van der Waals surface area contributed by atoms with E-state index in [4.69, 9.17) is 43.7 Å². The van der Waals surface area contributed by atoms with Crippen molar-refractivity contribution in [2.75, 3.05) is 91.0 Å². The van der Waals surface area contributed by atoms with Gasteiger partial charge in [0.2, 0.25) is 17.7 Å². The highest BCUT2D eigenvalue weighted by Gasteiger charge is 2.46. The molecule has 390 valence electrons. The molecule has 4 saturated heterocycles. The third-order valence-electron chi connectivity index (χ3n) is 16.7. The van der Waals surface area contributed by atoms with Crippen LogP contribution in [0.25, 0.3) is 43.8 Å². The summed E-state index contributed by atoms with van der Waals surface area (Å²) in [4.78, 5) is 46.8. The zero-order chi connectivity index (χ0) is 50.7. The third-order valence-corrected chi connectivity index (χ3v) is 16.7. The van der Waals surface area contributed by atoms with Crippen molar-refractivity contribution in [1.82, 2.24) is 39.8 Å². The normalized spacial score (nSPS) is 21.9. The van der Waals surface area contributed by atoms with Crippen molar-refractivity contribution in [2.24, 2.45) is 18.4 Å². The largest absolute Gasteiger partial charge is 0.475 e. The zero-order valence-corrected chi connectivity index (χ0v) is 42.6. The van der Waals surface area contributed by atoms with Gasteiger partial charge in [-0.2, -0.15) is 15.1 Å². The summed E-state index contributed by atoms with van der Waals surface area (Å²) in [6.45, 7) is 10.3. The molecule has 1 unspecified atom stereocenters. The number of piperidine rings is 3. The standard InChI is InChI=1S/C56H65F2N9O7/c1-4-38-43(57)11-9-35-25-37(74-32-70-3)26-42(45(35)38)49-47(58)50-46-52(67-19-6-24-71-28-36(67)29-72-54(46)60-49)62-55(61-50)73-31-56(17-18-56)30-66-20-13-33(14-21-66)27-65-22-15-34(16-23-65)39-7-5-8-40-48(63-64(2)51(39)40)41-10-12-44(68)59-53(41)69/h5,7-9,11,25-26,33-34,36,41H,4,6,10,12-24,27-32H2,1-3H3,(H,59,68,69)/t36-,41?/m0/s1. The molecule has 1 N–H and O–H groups in total. The Morgan fingerprint density at radius 3 is 2.51 bits per heavy atom. The number of halogens is 2. The van der Waals surface area contributed by atoms with Crippen molar-refractivity contribution >= 4 is 50.2 Å². The van der Waals surface area contributed by atoms with Gasteiger partial charge in [0.1, 0.15) is 40.6 Å². The van der Waals surface area contributed by atoms with Crippen molar-refractivity contribution < 1.29 is 42.1 Å². The monoisotopic (exact) mass is 1010 g/mol. The fourth-order valence-electron chi connectivity index (χ4n) is 12.6. The number of aromatic nitrogens is 5. The molecule has 18 heteroatoms. The Labute approximate surface area is 429 Å². The second-order valence-electron chi connectivity index (χ2n) is 21.6. The molecule has 5 aliphatic heterocycles. The zero-order valence-electron chi connectivity index (χ0n) is 42.6. The molecule has 8 heterocycles. The van der Waals surface area contributed by atoms with Gasteiger partial charge < -0.3 is 38.4 Å². The number of carbonyl (C=O) groups excluding carboxylic acids is 2. The number of benzene rings is 3. The Bertz CT molecular complexity index is 3130. The quantitative estimate of drug-likeness (QED) is 0.0832. The van der Waals surface area contributed by atoms with Gasteiger partial charge in [-0.05, 0) is 136 Å². The van der Waals surface area contributed by atoms with E-state index in [9.17, 15) is 9.59 Å². The maximum Gasteiger partial charge on any atom is 0.319 e. The predicted molar refractivity (Wildman–Crippen MR) is 275 cm³/mol. The molecule has 1 aliphatic carbocycles. The number of nitrogens with one attached hydrogen (secondary N) is 1. The van der Waals surface area contributed by atoms with Gasteiger partial charge in [-0.15, -0.1) is 0 Å². The number of imide groups is 1. The number of carbonyl (C=O) groups is 2. The number of pyridine rings is 1. The molecule has 16 nitrogen and oxygen atoms in total. The molecule has 0 radical (unpaired) electrons. The minimum atomic E-state index is -0.681. The van der Waals surface area contributed by atoms with Gasteiger partial charge in [0.05, 0.1) is 36.4 Å². The first-order valence-corrected chi connectivity index (χ1v) is 26.7. The average molecular weight is 1010 g/mol. The molecular formula is C56H65F2N9O7. The summed E-state index contributed by atoms with van der Waals surface area (Å²) in [5, 5.41) is 9.96. The Hall–Kier alpha value is -6.08. The number of hydrogen-bond donors (Lipinski definition) is 1. The number of likely N-dealkylation sites (tertiary alicyclic amines) is 2. The van der Waals surface area contributed by atoms with Crippen LogP contribution in [0.15, 0.2) is 42.5 Å². The van der Waals surface area contributed by atoms with E-state index in [-0.39, 0.29) is 65.6 Å². The minimum absolute atomic E-state index is 0.0292. The molecule has 3 aromatic heterocycles. The number of rotatable bonds is 14. The number of para-hydroxylation sites is 1. The van der Waals surface area contributed by atoms with Crippen molar-refractivity contribution in [2.45, 2.75) is 89.0 Å². The molecule has 5 fully saturated rings. The SMILES string of the molecule is CCc1c(F)ccc2cc(OCOC)cc(-c3nc4c5c(nc(OCC6(CN7CCC(CN8CCC(c9cccc%10c(C%11CCC(=O)NC%11=O)nn(C)c9%10)CC8)CC7)CC6)nc5c3F)N3CCCOC[C@H]3CO4)c12. The summed E-state index contributed by atoms with van der Waals surface area (Å²) in [5.41, 5.74) is 3.93. The molecule has 6 aliphatic rings. The van der Waals surface area contributed by atoms with Gasteiger partial charge in [0, 0.05) is 63.2 Å². The van der Waals surface area contributed by atoms with Crippen LogP contribution in [0.5, 0.6) is 17.6 Å². The highest BCUT2D eigenvalue weighted by molar-refractivity contribution is 6.04. The highest BCUT2D eigenvalue weighted by atomic mass is 19.1. The number of ether oxygens (including phenoxy) is 5. The number of fused-ring (bicyclic) bond motifs is 4. The van der Waals surface area contributed by atoms with Gasteiger partial charge >= 0.3 is 6.01 Å². The molecule has 74 heavy (non-hydrogen) atoms. The van der Waals surface area contributed by atoms with E-state index in [0.29, 0.717) is 96.3 Å². The summed E-state index contributed by atoms with van der Waals surface area (Å²) in [6, 6.07) is 12.9. The molecule has 0 spiro atoms. The molecule has 12 rings (SSSR count). The summed E-state index contributed by atoms with van der Waals surface area (Å²) < 4.78 is 65.2. The first kappa shape index (κ1) is 48.8. The maximum absolute atomic E-state index is 17.6. The van der Waals surface area contributed by atoms with Crippen molar-refractivity contribution in [3.05, 3.63) is 70.9 Å². The highest BCUT2D eigenvalue weighted by Crippen LogP contribution is 2.48. The molecule has 2 atom stereocenters. The number of amides is 2. The van der Waals surface area contributed by atoms with Crippen LogP contribution in [-0.2, 0) is 32.5 Å². The van der Waals surface area contributed by atoms with E-state index in [1.807, 2.05) is 18.7 Å². The van der Waals surface area contributed by atoms with Crippen LogP contribution in [0.4, 0.5) is 14.6 Å². The second-order valence-corrected chi connectivity index (χ2v) is 21.6. The van der Waals surface area contributed by atoms with E-state index in [0.717, 1.165) is 101 Å². The van der Waals surface area contributed by atoms with Gasteiger partial charge in [-0.1, -0.05) is 31.2 Å². The molecule has 2 amide bonds. The first-order valence-electron chi connectivity index (χ1n) is 26.7. The predicted octanol–water partition coefficient (Wildman–Crippen LogP) is 7.81. The van der Waals surface area contributed by atoms with E-state index in [2.05, 4.69) is 38.2 Å². The van der Waals surface area contributed by atoms with E-state index in [1.165, 1.54) is 18.7 Å². The van der Waals surface area contributed by atoms with Crippen molar-refractivity contribution in [3.63, 3.8) is 0 Å². The average Bonchev–Trinajstić information content (AvgIpc) is 4.18. The van der Waals surface area contributed by atoms with E-state index < -0.39 is 11.7 Å². The maximum atomic E-state index is 17.6. The Kier molecular flexibility index (Phi) is 13.3. The van der Waals surface area contributed by atoms with E-state index in [1.54, 1.807) is 18.2 Å². The third kappa shape index (κ3) is 9.29. The Morgan fingerprint density at radius 1 is 0.905 bits per heavy atom. The van der Waals surface area contributed by atoms with Crippen molar-refractivity contribution in [1.29, 1.82) is 0 Å². The van der Waals surface area contributed by atoms with Gasteiger partial charge in [0.15, 0.2) is 12.6 Å². The van der Waals surface area contributed by atoms with Crippen LogP contribution >= 0.6 is 0 Å². The first-order chi connectivity index (χ1) is 36.1. The summed E-state index contributed by atoms with van der Waals surface area (Å²) in [7, 11) is 3.49. The Morgan fingerprint density at radius 2 is 1.73 bits per heavy atom. The fourth-order valence-corrected chi connectivity index (χ4v) is 12.6. The smallest absolute Gasteiger partial charge is 0.319 e. The van der Waals surface area contributed by atoms with Crippen LogP contribution in [-0.4, -0.2) is 139 Å². The van der Waals surface area contributed by atoms with Crippen LogP contribution in [0.1, 0.15) is 93.4 Å². The summed E-state index contributed by atoms with van der Waals surface area (Å²) in [6.07, 6.45) is 8.46. The van der Waals surface area contributed by atoms with Crippen LogP contribution in [0, 0.1) is 23.0 Å². The van der Waals surface area contributed by atoms with Crippen LogP contribution < -0.4 is 24.4 Å². The van der Waals surface area contributed by atoms with Crippen molar-refractivity contribution in [3.8, 4) is 28.9 Å². The van der Waals surface area contributed by atoms with Crippen LogP contribution in [0.2, 0.25) is 0 Å². The van der Waals surface area contributed by atoms with Gasteiger partial charge in [0.25, 0.3) is 0 Å². The lowest BCUT2D eigenvalue weighted by Crippen LogP contribution is -2.43. The number of aryl methyl sites for hydroxylation is 2. The topological polar surface area (TPSA) is 159 Å². The lowest BCUT2D eigenvalue weighted by atomic mass is 9.86. The Balaban J connectivity index is 0.726. The van der Waals surface area contributed by atoms with Crippen LogP contribution in [0.3, 0.4) is 0 Å². The number of nitrogens with zero attached hydrogens (tertiary/aromatic N) is 8. The number of hydrogen-bond acceptors (Lipinski definition) is 14. The minimum Gasteiger partial charge on any atom is -0.475 e. The van der Waals surface area contributed by atoms with Gasteiger partial charge in [-0.3, -0.25) is 19.6 Å². The lowest BCUT2D eigenvalue weighted by molar-refractivity contribution is -0.134. The molecule has 0 bridgehead atoms. The molecule has 3 aromatic carbocycles. The molecule has 6 aromatic rings.